The second-order valence-corrected chi connectivity index (χ2v) is 5.08. The van der Waals surface area contributed by atoms with Crippen LogP contribution in [0.25, 0.3) is 0 Å². The van der Waals surface area contributed by atoms with E-state index in [4.69, 9.17) is 20.4 Å². The topological polar surface area (TPSA) is 80.9 Å². The minimum absolute atomic E-state index is 0.125. The molecule has 0 spiro atoms. The number of rotatable bonds is 13. The van der Waals surface area contributed by atoms with Gasteiger partial charge in [-0.1, -0.05) is 51.4 Å². The summed E-state index contributed by atoms with van der Waals surface area (Å²) in [6.45, 7) is -0.251. The van der Waals surface area contributed by atoms with Crippen LogP contribution in [0.2, 0.25) is 0 Å². The molecule has 2 atom stereocenters. The lowest BCUT2D eigenvalue weighted by Crippen LogP contribution is -2.11. The van der Waals surface area contributed by atoms with Gasteiger partial charge in [0, 0.05) is 0 Å². The normalized spacial score (nSPS) is 14.7. The molecule has 110 valence electrons. The molecule has 0 radical (unpaired) electrons. The Morgan fingerprint density at radius 3 is 1.06 bits per heavy atom. The highest BCUT2D eigenvalue weighted by Gasteiger charge is 2.01. The Bertz CT molecular complexity index is 146. The smallest absolute Gasteiger partial charge is 0.0770 e. The van der Waals surface area contributed by atoms with Crippen molar-refractivity contribution in [3.63, 3.8) is 0 Å². The maximum absolute atomic E-state index is 9.13. The van der Waals surface area contributed by atoms with Gasteiger partial charge < -0.3 is 20.4 Å². The van der Waals surface area contributed by atoms with E-state index in [0.29, 0.717) is 12.8 Å². The molecule has 0 aliphatic rings. The van der Waals surface area contributed by atoms with E-state index >= 15 is 0 Å². The molecular weight excluding hydrogens is 232 g/mol. The van der Waals surface area contributed by atoms with Gasteiger partial charge in [-0.05, 0) is 12.8 Å². The van der Waals surface area contributed by atoms with Crippen molar-refractivity contribution in [2.24, 2.45) is 0 Å². The van der Waals surface area contributed by atoms with E-state index in [1.54, 1.807) is 0 Å². The van der Waals surface area contributed by atoms with Crippen molar-refractivity contribution in [1.29, 1.82) is 0 Å². The van der Waals surface area contributed by atoms with Crippen LogP contribution < -0.4 is 0 Å². The second kappa shape index (κ2) is 13.3. The van der Waals surface area contributed by atoms with Crippen molar-refractivity contribution < 1.29 is 20.4 Å². The highest BCUT2D eigenvalue weighted by molar-refractivity contribution is 4.55. The van der Waals surface area contributed by atoms with Gasteiger partial charge >= 0.3 is 0 Å². The molecule has 0 aliphatic heterocycles. The lowest BCUT2D eigenvalue weighted by atomic mass is 10.0. The van der Waals surface area contributed by atoms with E-state index in [0.717, 1.165) is 25.7 Å². The Labute approximate surface area is 111 Å². The summed E-state index contributed by atoms with van der Waals surface area (Å²) >= 11 is 0. The fraction of sp³-hybridized carbons (Fsp3) is 1.00. The summed E-state index contributed by atoms with van der Waals surface area (Å²) < 4.78 is 0. The van der Waals surface area contributed by atoms with Gasteiger partial charge in [0.25, 0.3) is 0 Å². The highest BCUT2D eigenvalue weighted by atomic mass is 16.3. The first-order valence-corrected chi connectivity index (χ1v) is 7.28. The van der Waals surface area contributed by atoms with Crippen LogP contribution in [0.1, 0.15) is 64.2 Å². The lowest BCUT2D eigenvalue weighted by molar-refractivity contribution is 0.0857. The summed E-state index contributed by atoms with van der Waals surface area (Å²) in [5.41, 5.74) is 0. The molecule has 0 aromatic carbocycles. The fourth-order valence-corrected chi connectivity index (χ4v) is 2.00. The molecule has 0 bridgehead atoms. The second-order valence-electron chi connectivity index (χ2n) is 5.08. The number of unbranched alkanes of at least 4 members (excludes halogenated alkanes) is 7. The SMILES string of the molecule is OCC(O)CCCCCCCCCCC(O)CO. The molecule has 18 heavy (non-hydrogen) atoms. The van der Waals surface area contributed by atoms with Gasteiger partial charge in [-0.15, -0.1) is 0 Å². The first-order valence-electron chi connectivity index (χ1n) is 7.28. The standard InChI is InChI=1S/C14H30O4/c15-11-13(17)9-7-5-3-1-2-4-6-8-10-14(18)12-16/h13-18H,1-12H2. The van der Waals surface area contributed by atoms with Crippen LogP contribution in [0.15, 0.2) is 0 Å². The van der Waals surface area contributed by atoms with Gasteiger partial charge in [-0.2, -0.15) is 0 Å². The third-order valence-electron chi connectivity index (χ3n) is 3.25. The fourth-order valence-electron chi connectivity index (χ4n) is 2.00. The number of aliphatic hydroxyl groups excluding tert-OH is 4. The largest absolute Gasteiger partial charge is 0.394 e. The molecule has 0 amide bonds. The van der Waals surface area contributed by atoms with Crippen molar-refractivity contribution in [3.8, 4) is 0 Å². The quantitative estimate of drug-likeness (QED) is 0.380. The van der Waals surface area contributed by atoms with Crippen molar-refractivity contribution in [3.05, 3.63) is 0 Å². The minimum Gasteiger partial charge on any atom is -0.394 e. The van der Waals surface area contributed by atoms with Gasteiger partial charge in [0.05, 0.1) is 25.4 Å². The molecular formula is C14H30O4. The van der Waals surface area contributed by atoms with E-state index in [9.17, 15) is 0 Å². The Kier molecular flexibility index (Phi) is 13.2. The Balaban J connectivity index is 3.03. The van der Waals surface area contributed by atoms with Crippen molar-refractivity contribution in [2.45, 2.75) is 76.4 Å². The van der Waals surface area contributed by atoms with Gasteiger partial charge in [0.1, 0.15) is 0 Å². The van der Waals surface area contributed by atoms with Gasteiger partial charge in [-0.3, -0.25) is 0 Å². The molecule has 4 heteroatoms. The predicted octanol–water partition coefficient (Wildman–Crippen LogP) is 1.59. The molecule has 4 nitrogen and oxygen atoms in total. The zero-order valence-corrected chi connectivity index (χ0v) is 11.4. The molecule has 0 heterocycles. The number of hydrogen-bond acceptors (Lipinski definition) is 4. The van der Waals surface area contributed by atoms with Crippen LogP contribution >= 0.6 is 0 Å². The van der Waals surface area contributed by atoms with Crippen LogP contribution in [-0.4, -0.2) is 45.8 Å². The number of aliphatic hydroxyl groups is 4. The zero-order chi connectivity index (χ0) is 13.6. The molecule has 0 aliphatic carbocycles. The molecule has 0 aromatic heterocycles. The summed E-state index contributed by atoms with van der Waals surface area (Å²) in [6.07, 6.45) is 9.39. The first kappa shape index (κ1) is 17.8. The average molecular weight is 262 g/mol. The monoisotopic (exact) mass is 262 g/mol. The third-order valence-corrected chi connectivity index (χ3v) is 3.25. The van der Waals surface area contributed by atoms with Crippen LogP contribution in [0.5, 0.6) is 0 Å². The van der Waals surface area contributed by atoms with E-state index in [2.05, 4.69) is 0 Å². The molecule has 0 rings (SSSR count). The molecule has 0 aromatic rings. The molecule has 0 saturated heterocycles. The van der Waals surface area contributed by atoms with Crippen molar-refractivity contribution in [2.75, 3.05) is 13.2 Å². The highest BCUT2D eigenvalue weighted by Crippen LogP contribution is 2.12. The maximum atomic E-state index is 9.13. The Hall–Kier alpha value is -0.160. The first-order chi connectivity index (χ1) is 8.70. The van der Waals surface area contributed by atoms with Crippen molar-refractivity contribution in [1.82, 2.24) is 0 Å². The Morgan fingerprint density at radius 2 is 0.778 bits per heavy atom. The van der Waals surface area contributed by atoms with E-state index in [1.165, 1.54) is 25.7 Å². The van der Waals surface area contributed by atoms with Crippen LogP contribution in [0.4, 0.5) is 0 Å². The minimum atomic E-state index is -0.539. The summed E-state index contributed by atoms with van der Waals surface area (Å²) in [5, 5.41) is 35.5. The Morgan fingerprint density at radius 1 is 0.500 bits per heavy atom. The molecule has 4 N–H and O–H groups in total. The van der Waals surface area contributed by atoms with E-state index in [1.807, 2.05) is 0 Å². The summed E-state index contributed by atoms with van der Waals surface area (Å²) in [5.74, 6) is 0. The molecule has 0 fully saturated rings. The lowest BCUT2D eigenvalue weighted by Gasteiger charge is -2.07. The molecule has 0 saturated carbocycles. The van der Waals surface area contributed by atoms with Gasteiger partial charge in [0.2, 0.25) is 0 Å². The number of hydrogen-bond donors (Lipinski definition) is 4. The average Bonchev–Trinajstić information content (AvgIpc) is 2.40. The predicted molar refractivity (Wildman–Crippen MR) is 72.4 cm³/mol. The van der Waals surface area contributed by atoms with Crippen LogP contribution in [-0.2, 0) is 0 Å². The van der Waals surface area contributed by atoms with E-state index < -0.39 is 12.2 Å². The van der Waals surface area contributed by atoms with Gasteiger partial charge in [0.15, 0.2) is 0 Å². The summed E-state index contributed by atoms with van der Waals surface area (Å²) in [7, 11) is 0. The van der Waals surface area contributed by atoms with E-state index in [-0.39, 0.29) is 13.2 Å². The summed E-state index contributed by atoms with van der Waals surface area (Å²) in [4.78, 5) is 0. The van der Waals surface area contributed by atoms with Gasteiger partial charge in [-0.25, -0.2) is 0 Å². The summed E-state index contributed by atoms with van der Waals surface area (Å²) in [6, 6.07) is 0. The third kappa shape index (κ3) is 12.3. The van der Waals surface area contributed by atoms with Crippen LogP contribution in [0, 0.1) is 0 Å². The van der Waals surface area contributed by atoms with Crippen molar-refractivity contribution >= 4 is 0 Å². The maximum Gasteiger partial charge on any atom is 0.0770 e. The molecule has 2 unspecified atom stereocenters. The zero-order valence-electron chi connectivity index (χ0n) is 11.4. The van der Waals surface area contributed by atoms with Crippen LogP contribution in [0.3, 0.4) is 0 Å².